The van der Waals surface area contributed by atoms with Gasteiger partial charge in [0.15, 0.2) is 0 Å². The fourth-order valence-corrected chi connectivity index (χ4v) is 2.57. The van der Waals surface area contributed by atoms with Crippen molar-refractivity contribution in [3.05, 3.63) is 0 Å². The van der Waals surface area contributed by atoms with Gasteiger partial charge >= 0.3 is 5.97 Å². The van der Waals surface area contributed by atoms with Gasteiger partial charge < -0.3 is 10.1 Å². The van der Waals surface area contributed by atoms with Crippen LogP contribution in [0.3, 0.4) is 0 Å². The smallest absolute Gasteiger partial charge is 0.323 e. The zero-order valence-corrected chi connectivity index (χ0v) is 8.08. The van der Waals surface area contributed by atoms with Crippen molar-refractivity contribution < 1.29 is 9.53 Å². The second-order valence-electron chi connectivity index (χ2n) is 4.00. The lowest BCUT2D eigenvalue weighted by molar-refractivity contribution is -0.145. The third-order valence-corrected chi connectivity index (χ3v) is 3.18. The van der Waals surface area contributed by atoms with Crippen molar-refractivity contribution in [2.45, 2.75) is 44.7 Å². The van der Waals surface area contributed by atoms with E-state index in [4.69, 9.17) is 4.74 Å². The van der Waals surface area contributed by atoms with Gasteiger partial charge in [0.1, 0.15) is 6.04 Å². The van der Waals surface area contributed by atoms with E-state index in [1.54, 1.807) is 0 Å². The fraction of sp³-hybridized carbons (Fsp3) is 0.900. The Morgan fingerprint density at radius 1 is 1.54 bits per heavy atom. The third-order valence-electron chi connectivity index (χ3n) is 3.18. The van der Waals surface area contributed by atoms with Gasteiger partial charge in [0.05, 0.1) is 6.61 Å². The summed E-state index contributed by atoms with van der Waals surface area (Å²) in [5.74, 6) is 0.673. The van der Waals surface area contributed by atoms with Crippen LogP contribution in [-0.4, -0.2) is 24.7 Å². The molecule has 0 aromatic carbocycles. The van der Waals surface area contributed by atoms with E-state index in [0.717, 1.165) is 12.3 Å². The van der Waals surface area contributed by atoms with Gasteiger partial charge in [-0.3, -0.25) is 4.79 Å². The van der Waals surface area contributed by atoms with E-state index >= 15 is 0 Å². The van der Waals surface area contributed by atoms with Crippen LogP contribution in [0, 0.1) is 5.92 Å². The van der Waals surface area contributed by atoms with E-state index in [9.17, 15) is 4.79 Å². The molecule has 2 aliphatic rings. The van der Waals surface area contributed by atoms with Crippen LogP contribution in [0.1, 0.15) is 32.6 Å². The predicted octanol–water partition coefficient (Wildman–Crippen LogP) is 1.08. The molecule has 1 saturated carbocycles. The van der Waals surface area contributed by atoms with E-state index in [1.165, 1.54) is 19.3 Å². The summed E-state index contributed by atoms with van der Waals surface area (Å²) in [7, 11) is 0. The van der Waals surface area contributed by atoms with Crippen molar-refractivity contribution >= 4 is 5.97 Å². The molecular formula is C10H17NO2. The Kier molecular flexibility index (Phi) is 2.54. The van der Waals surface area contributed by atoms with Crippen LogP contribution in [-0.2, 0) is 9.53 Å². The lowest BCUT2D eigenvalue weighted by Crippen LogP contribution is -2.36. The maximum atomic E-state index is 11.4. The molecule has 0 amide bonds. The summed E-state index contributed by atoms with van der Waals surface area (Å²) in [6, 6.07) is 0.574. The molecule has 1 unspecified atom stereocenters. The van der Waals surface area contributed by atoms with E-state index in [1.807, 2.05) is 6.92 Å². The number of ether oxygens (including phenoxy) is 1. The number of hydrogen-bond donors (Lipinski definition) is 1. The molecule has 2 fully saturated rings. The summed E-state index contributed by atoms with van der Waals surface area (Å²) in [5, 5.41) is 3.36. The maximum absolute atomic E-state index is 11.4. The van der Waals surface area contributed by atoms with Gasteiger partial charge in [-0.15, -0.1) is 0 Å². The van der Waals surface area contributed by atoms with Gasteiger partial charge in [-0.25, -0.2) is 0 Å². The monoisotopic (exact) mass is 183 g/mol. The van der Waals surface area contributed by atoms with Gasteiger partial charge in [0, 0.05) is 6.04 Å². The fourth-order valence-electron chi connectivity index (χ4n) is 2.57. The highest BCUT2D eigenvalue weighted by Crippen LogP contribution is 2.34. The average Bonchev–Trinajstić information content (AvgIpc) is 2.61. The third kappa shape index (κ3) is 1.70. The number of esters is 1. The second-order valence-corrected chi connectivity index (χ2v) is 4.00. The van der Waals surface area contributed by atoms with E-state index in [0.29, 0.717) is 12.6 Å². The minimum Gasteiger partial charge on any atom is -0.465 e. The summed E-state index contributed by atoms with van der Waals surface area (Å²) < 4.78 is 4.99. The van der Waals surface area contributed by atoms with Crippen molar-refractivity contribution in [3.8, 4) is 0 Å². The Bertz CT molecular complexity index is 193. The Morgan fingerprint density at radius 2 is 2.38 bits per heavy atom. The van der Waals surface area contributed by atoms with Crippen LogP contribution in [0.25, 0.3) is 0 Å². The first-order valence-electron chi connectivity index (χ1n) is 5.24. The zero-order chi connectivity index (χ0) is 9.26. The second kappa shape index (κ2) is 3.66. The average molecular weight is 183 g/mol. The largest absolute Gasteiger partial charge is 0.465 e. The molecule has 1 aliphatic carbocycles. The first-order chi connectivity index (χ1) is 6.31. The maximum Gasteiger partial charge on any atom is 0.323 e. The molecule has 1 saturated heterocycles. The van der Waals surface area contributed by atoms with Crippen LogP contribution in [0.15, 0.2) is 0 Å². The van der Waals surface area contributed by atoms with E-state index < -0.39 is 0 Å². The molecule has 0 radical (unpaired) electrons. The molecule has 0 aromatic heterocycles. The quantitative estimate of drug-likeness (QED) is 0.651. The summed E-state index contributed by atoms with van der Waals surface area (Å²) >= 11 is 0. The van der Waals surface area contributed by atoms with Crippen molar-refractivity contribution in [3.63, 3.8) is 0 Å². The molecule has 3 atom stereocenters. The molecule has 3 heteroatoms. The van der Waals surface area contributed by atoms with Gasteiger partial charge in [-0.1, -0.05) is 6.42 Å². The SMILES string of the molecule is CCOC(=O)C1C[C@H]2CCC[C@H]2N1. The highest BCUT2D eigenvalue weighted by Gasteiger charge is 2.40. The van der Waals surface area contributed by atoms with E-state index in [2.05, 4.69) is 5.32 Å². The normalized spacial score (nSPS) is 37.5. The molecule has 1 N–H and O–H groups in total. The summed E-state index contributed by atoms with van der Waals surface area (Å²) in [5.41, 5.74) is 0. The van der Waals surface area contributed by atoms with Gasteiger partial charge in [0.25, 0.3) is 0 Å². The summed E-state index contributed by atoms with van der Waals surface area (Å²) in [6.45, 7) is 2.35. The number of carbonyl (C=O) groups excluding carboxylic acids is 1. The standard InChI is InChI=1S/C10H17NO2/c1-2-13-10(12)9-6-7-4-3-5-8(7)11-9/h7-9,11H,2-6H2,1H3/t7-,8-,9?/m1/s1. The zero-order valence-electron chi connectivity index (χ0n) is 8.08. The van der Waals surface area contributed by atoms with Crippen LogP contribution < -0.4 is 5.32 Å². The van der Waals surface area contributed by atoms with Crippen molar-refractivity contribution in [2.75, 3.05) is 6.61 Å². The Balaban J connectivity index is 1.87. The lowest BCUT2D eigenvalue weighted by Gasteiger charge is -2.11. The Morgan fingerprint density at radius 3 is 3.08 bits per heavy atom. The Labute approximate surface area is 78.8 Å². The summed E-state index contributed by atoms with van der Waals surface area (Å²) in [4.78, 5) is 11.4. The van der Waals surface area contributed by atoms with Crippen LogP contribution >= 0.6 is 0 Å². The van der Waals surface area contributed by atoms with Crippen molar-refractivity contribution in [2.24, 2.45) is 5.92 Å². The van der Waals surface area contributed by atoms with Crippen LogP contribution in [0.2, 0.25) is 0 Å². The lowest BCUT2D eigenvalue weighted by atomic mass is 10.0. The molecule has 0 spiro atoms. The predicted molar refractivity (Wildman–Crippen MR) is 49.3 cm³/mol. The first-order valence-corrected chi connectivity index (χ1v) is 5.24. The first kappa shape index (κ1) is 9.00. The van der Waals surface area contributed by atoms with Gasteiger partial charge in [0.2, 0.25) is 0 Å². The molecule has 0 aromatic rings. The molecular weight excluding hydrogens is 166 g/mol. The minimum absolute atomic E-state index is 0.0183. The van der Waals surface area contributed by atoms with Crippen LogP contribution in [0.4, 0.5) is 0 Å². The number of hydrogen-bond acceptors (Lipinski definition) is 3. The molecule has 74 valence electrons. The number of rotatable bonds is 2. The number of carbonyl (C=O) groups is 1. The highest BCUT2D eigenvalue weighted by atomic mass is 16.5. The van der Waals surface area contributed by atoms with Gasteiger partial charge in [-0.05, 0) is 32.1 Å². The Hall–Kier alpha value is -0.570. The molecule has 13 heavy (non-hydrogen) atoms. The van der Waals surface area contributed by atoms with E-state index in [-0.39, 0.29) is 12.0 Å². The molecule has 1 aliphatic heterocycles. The minimum atomic E-state index is -0.0584. The topological polar surface area (TPSA) is 38.3 Å². The summed E-state index contributed by atoms with van der Waals surface area (Å²) in [6.07, 6.45) is 4.83. The van der Waals surface area contributed by atoms with Crippen molar-refractivity contribution in [1.82, 2.24) is 5.32 Å². The molecule has 0 bridgehead atoms. The highest BCUT2D eigenvalue weighted by molar-refractivity contribution is 5.76. The van der Waals surface area contributed by atoms with Crippen molar-refractivity contribution in [1.29, 1.82) is 0 Å². The molecule has 1 heterocycles. The number of fused-ring (bicyclic) bond motifs is 1. The molecule has 2 rings (SSSR count). The number of nitrogens with one attached hydrogen (secondary N) is 1. The van der Waals surface area contributed by atoms with Crippen LogP contribution in [0.5, 0.6) is 0 Å². The molecule has 3 nitrogen and oxygen atoms in total. The van der Waals surface area contributed by atoms with Gasteiger partial charge in [-0.2, -0.15) is 0 Å².